The Hall–Kier alpha value is -3.39. The number of rotatable bonds is 32. The third-order valence-corrected chi connectivity index (χ3v) is 9.24. The molecule has 0 radical (unpaired) electrons. The second-order valence-corrected chi connectivity index (χ2v) is 14.6. The standard InChI is InChI=1S/C47H72O10/c1-2-39(48)35-36-44(53)33-24-32-43(52)31-23-30-42(51)27-19-15-14-18-26-41(50)29-21-16-20-28-40(49)25-17-12-10-8-6-4-3-5-7-9-11-13-22-34-45(54)46(55)37-38-47(56)57/h1,17,21,25,29,35-36,39-46,48-55H,3-16,18,20,22,24,26,28,31-34H2,(H,56,57)/b25-17+,29-21+,36-35+. The molecule has 0 aliphatic heterocycles. The van der Waals surface area contributed by atoms with Gasteiger partial charge < -0.3 is 46.0 Å². The maximum absolute atomic E-state index is 10.4. The summed E-state index contributed by atoms with van der Waals surface area (Å²) in [5.74, 6) is 15.7. The number of hydrogen-bond donors (Lipinski definition) is 9. The van der Waals surface area contributed by atoms with Gasteiger partial charge in [-0.25, -0.2) is 4.79 Å². The Morgan fingerprint density at radius 3 is 1.65 bits per heavy atom. The first kappa shape index (κ1) is 53.6. The lowest BCUT2D eigenvalue weighted by Crippen LogP contribution is -2.24. The van der Waals surface area contributed by atoms with Crippen LogP contribution in [0.4, 0.5) is 0 Å². The maximum Gasteiger partial charge on any atom is 0.381 e. The predicted octanol–water partition coefficient (Wildman–Crippen LogP) is 5.63. The molecule has 0 aromatic carbocycles. The Balaban J connectivity index is 3.74. The number of hydrogen-bond acceptors (Lipinski definition) is 9. The van der Waals surface area contributed by atoms with Crippen LogP contribution in [0.3, 0.4) is 0 Å². The highest BCUT2D eigenvalue weighted by Gasteiger charge is 2.13. The van der Waals surface area contributed by atoms with Crippen LogP contribution in [-0.4, -0.2) is 101 Å². The van der Waals surface area contributed by atoms with Crippen LogP contribution in [0.2, 0.25) is 0 Å². The van der Waals surface area contributed by atoms with Crippen LogP contribution in [0.1, 0.15) is 154 Å². The largest absolute Gasteiger partial charge is 0.472 e. The zero-order valence-corrected chi connectivity index (χ0v) is 34.1. The molecule has 10 nitrogen and oxygen atoms in total. The van der Waals surface area contributed by atoms with Crippen molar-refractivity contribution in [3.63, 3.8) is 0 Å². The first-order valence-corrected chi connectivity index (χ1v) is 21.1. The first-order chi connectivity index (χ1) is 27.4. The van der Waals surface area contributed by atoms with Gasteiger partial charge in [0.25, 0.3) is 0 Å². The Labute approximate surface area is 343 Å². The van der Waals surface area contributed by atoms with E-state index >= 15 is 0 Å². The van der Waals surface area contributed by atoms with Crippen molar-refractivity contribution in [2.45, 2.75) is 203 Å². The maximum atomic E-state index is 10.4. The van der Waals surface area contributed by atoms with Gasteiger partial charge in [-0.1, -0.05) is 130 Å². The van der Waals surface area contributed by atoms with E-state index < -0.39 is 54.8 Å². The smallest absolute Gasteiger partial charge is 0.381 e. The second-order valence-electron chi connectivity index (χ2n) is 14.6. The summed E-state index contributed by atoms with van der Waals surface area (Å²) in [7, 11) is 0. The quantitative estimate of drug-likeness (QED) is 0.0234. The van der Waals surface area contributed by atoms with Gasteiger partial charge in [0.2, 0.25) is 0 Å². The highest BCUT2D eigenvalue weighted by molar-refractivity contribution is 5.86. The van der Waals surface area contributed by atoms with E-state index in [-0.39, 0.29) is 6.42 Å². The molecular formula is C47H72O10. The molecule has 0 amide bonds. The molecule has 8 unspecified atom stereocenters. The third-order valence-electron chi connectivity index (χ3n) is 9.24. The summed E-state index contributed by atoms with van der Waals surface area (Å²) >= 11 is 0. The highest BCUT2D eigenvalue weighted by atomic mass is 16.4. The van der Waals surface area contributed by atoms with E-state index in [1.165, 1.54) is 50.7 Å². The van der Waals surface area contributed by atoms with Gasteiger partial charge in [-0.05, 0) is 83.1 Å². The molecule has 0 aromatic rings. The number of allylic oxidation sites excluding steroid dienone is 2. The fraction of sp³-hybridized carbons (Fsp3) is 0.681. The van der Waals surface area contributed by atoms with Crippen molar-refractivity contribution in [1.29, 1.82) is 0 Å². The number of carbonyl (C=O) groups is 1. The molecule has 0 aliphatic rings. The number of terminal acetylenes is 1. The molecule has 0 spiro atoms. The van der Waals surface area contributed by atoms with Crippen molar-refractivity contribution in [3.8, 4) is 47.9 Å². The molecular weight excluding hydrogens is 725 g/mol. The Bertz CT molecular complexity index is 1330. The zero-order valence-electron chi connectivity index (χ0n) is 34.1. The number of aliphatic hydroxyl groups is 8. The molecule has 9 N–H and O–H groups in total. The Morgan fingerprint density at radius 2 is 1.04 bits per heavy atom. The first-order valence-electron chi connectivity index (χ1n) is 21.1. The molecule has 320 valence electrons. The second kappa shape index (κ2) is 38.1. The Kier molecular flexibility index (Phi) is 35.9. The molecule has 0 rings (SSSR count). The lowest BCUT2D eigenvalue weighted by molar-refractivity contribution is -0.130. The number of carboxylic acid groups (broad SMARTS) is 1. The summed E-state index contributed by atoms with van der Waals surface area (Å²) in [5, 5.41) is 87.4. The number of aliphatic hydroxyl groups excluding tert-OH is 8. The molecule has 0 aliphatic carbocycles. The topological polar surface area (TPSA) is 199 Å². The molecule has 0 saturated carbocycles. The monoisotopic (exact) mass is 797 g/mol. The van der Waals surface area contributed by atoms with Crippen LogP contribution in [0.15, 0.2) is 36.5 Å². The lowest BCUT2D eigenvalue weighted by atomic mass is 10.0. The van der Waals surface area contributed by atoms with Gasteiger partial charge >= 0.3 is 5.97 Å². The summed E-state index contributed by atoms with van der Waals surface area (Å²) < 4.78 is 0. The minimum Gasteiger partial charge on any atom is -0.472 e. The summed E-state index contributed by atoms with van der Waals surface area (Å²) in [6.07, 6.45) is 29.3. The SMILES string of the molecule is C#CC(O)/C=C/C(O)CCCC(O)CC#CC(O)C#CCCCCC(O)/C=C/CCCC(O)/C=C/CCCCCCCCCCCCCC(O)C(O)C#CC(=O)O. The van der Waals surface area contributed by atoms with E-state index in [1.807, 2.05) is 24.1 Å². The van der Waals surface area contributed by atoms with Crippen molar-refractivity contribution < 1.29 is 50.8 Å². The van der Waals surface area contributed by atoms with Crippen LogP contribution in [0.25, 0.3) is 0 Å². The number of aliphatic carboxylic acids is 1. The van der Waals surface area contributed by atoms with Gasteiger partial charge in [0.05, 0.1) is 30.5 Å². The van der Waals surface area contributed by atoms with Gasteiger partial charge in [-0.3, -0.25) is 0 Å². The zero-order chi connectivity index (χ0) is 42.4. The molecule has 0 fully saturated rings. The molecule has 0 heterocycles. The summed E-state index contributed by atoms with van der Waals surface area (Å²) in [6.45, 7) is 0. The molecule has 0 bridgehead atoms. The fourth-order valence-electron chi connectivity index (χ4n) is 5.84. The van der Waals surface area contributed by atoms with Crippen molar-refractivity contribution >= 4 is 5.97 Å². The van der Waals surface area contributed by atoms with Crippen LogP contribution in [0.5, 0.6) is 0 Å². The van der Waals surface area contributed by atoms with Crippen LogP contribution >= 0.6 is 0 Å². The van der Waals surface area contributed by atoms with Crippen LogP contribution < -0.4 is 0 Å². The van der Waals surface area contributed by atoms with E-state index in [1.54, 1.807) is 0 Å². The summed E-state index contributed by atoms with van der Waals surface area (Å²) in [6, 6.07) is 0. The van der Waals surface area contributed by atoms with Gasteiger partial charge in [-0.15, -0.1) is 6.42 Å². The minimum atomic E-state index is -1.32. The summed E-state index contributed by atoms with van der Waals surface area (Å²) in [5.41, 5.74) is 0. The van der Waals surface area contributed by atoms with Crippen LogP contribution in [-0.2, 0) is 4.79 Å². The highest BCUT2D eigenvalue weighted by Crippen LogP contribution is 2.15. The number of unbranched alkanes of at least 4 members (excludes halogenated alkanes) is 14. The van der Waals surface area contributed by atoms with Gasteiger partial charge in [0.1, 0.15) is 12.2 Å². The van der Waals surface area contributed by atoms with Gasteiger partial charge in [-0.2, -0.15) is 0 Å². The van der Waals surface area contributed by atoms with Crippen molar-refractivity contribution in [3.05, 3.63) is 36.5 Å². The molecule has 10 heteroatoms. The average molecular weight is 797 g/mol. The van der Waals surface area contributed by atoms with E-state index in [9.17, 15) is 45.6 Å². The van der Waals surface area contributed by atoms with Crippen molar-refractivity contribution in [2.75, 3.05) is 0 Å². The van der Waals surface area contributed by atoms with E-state index in [2.05, 4.69) is 41.6 Å². The lowest BCUT2D eigenvalue weighted by Gasteiger charge is -2.12. The van der Waals surface area contributed by atoms with Crippen molar-refractivity contribution in [1.82, 2.24) is 0 Å². The van der Waals surface area contributed by atoms with E-state index in [0.29, 0.717) is 44.9 Å². The van der Waals surface area contributed by atoms with E-state index in [4.69, 9.17) is 11.5 Å². The van der Waals surface area contributed by atoms with Gasteiger partial charge in [0, 0.05) is 18.8 Å². The average Bonchev–Trinajstić information content (AvgIpc) is 3.18. The third kappa shape index (κ3) is 37.9. The van der Waals surface area contributed by atoms with Crippen LogP contribution in [0, 0.1) is 47.9 Å². The van der Waals surface area contributed by atoms with E-state index in [0.717, 1.165) is 64.2 Å². The normalized spacial score (nSPS) is 15.6. The predicted molar refractivity (Wildman–Crippen MR) is 226 cm³/mol. The van der Waals surface area contributed by atoms with Gasteiger partial charge in [0.15, 0.2) is 6.10 Å². The molecule has 57 heavy (non-hydrogen) atoms. The summed E-state index contributed by atoms with van der Waals surface area (Å²) in [4.78, 5) is 10.4. The minimum absolute atomic E-state index is 0.196. The fourth-order valence-corrected chi connectivity index (χ4v) is 5.84. The molecule has 8 atom stereocenters. The van der Waals surface area contributed by atoms with Crippen molar-refractivity contribution in [2.24, 2.45) is 0 Å². The number of carboxylic acids is 1. The Morgan fingerprint density at radius 1 is 0.526 bits per heavy atom. The molecule has 0 saturated heterocycles. The molecule has 0 aromatic heterocycles.